The quantitative estimate of drug-likeness (QED) is 0.367. The van der Waals surface area contributed by atoms with Crippen LogP contribution in [-0.4, -0.2) is 68.3 Å². The van der Waals surface area contributed by atoms with Gasteiger partial charge in [-0.1, -0.05) is 13.0 Å². The number of carbonyl (C=O) groups is 1. The summed E-state index contributed by atoms with van der Waals surface area (Å²) in [5.41, 5.74) is 3.51. The van der Waals surface area contributed by atoms with E-state index in [1.807, 2.05) is 51.1 Å². The lowest BCUT2D eigenvalue weighted by molar-refractivity contribution is 0.0353. The number of carbonyl (C=O) groups excluding carboxylic acids is 1. The standard InChI is InChI=1S/C31H38N2O6/c1-5-14-38-24-9-8-22(19-26(24)37-6-2)28-27-29(34)23-17-20(3)21(4)18-25(23)39-30(27)31(35)33(28)11-7-10-32-12-15-36-16-13-32/h8-9,17-19,28H,5-7,10-16H2,1-4H3. The van der Waals surface area contributed by atoms with Crippen molar-refractivity contribution in [2.24, 2.45) is 0 Å². The Morgan fingerprint density at radius 3 is 2.46 bits per heavy atom. The smallest absolute Gasteiger partial charge is 0.290 e. The number of fused-ring (bicyclic) bond motifs is 2. The SMILES string of the molecule is CCCOc1ccc(C2c3c(oc4cc(C)c(C)cc4c3=O)C(=O)N2CCCN2CCOCC2)cc1OCC. The largest absolute Gasteiger partial charge is 0.490 e. The van der Waals surface area contributed by atoms with Crippen LogP contribution in [0.15, 0.2) is 39.5 Å². The van der Waals surface area contributed by atoms with Crippen LogP contribution in [0.5, 0.6) is 11.5 Å². The van der Waals surface area contributed by atoms with Crippen molar-refractivity contribution in [3.8, 4) is 11.5 Å². The van der Waals surface area contributed by atoms with Gasteiger partial charge in [0.25, 0.3) is 5.91 Å². The molecule has 1 saturated heterocycles. The predicted octanol–water partition coefficient (Wildman–Crippen LogP) is 4.86. The zero-order chi connectivity index (χ0) is 27.5. The summed E-state index contributed by atoms with van der Waals surface area (Å²) in [7, 11) is 0. The molecule has 5 rings (SSSR count). The molecule has 0 aliphatic carbocycles. The Kier molecular flexibility index (Phi) is 8.23. The molecule has 0 spiro atoms. The van der Waals surface area contributed by atoms with Crippen LogP contribution in [0, 0.1) is 13.8 Å². The van der Waals surface area contributed by atoms with Gasteiger partial charge in [-0.05, 0) is 74.6 Å². The maximum Gasteiger partial charge on any atom is 0.290 e. The zero-order valence-electron chi connectivity index (χ0n) is 23.4. The highest BCUT2D eigenvalue weighted by molar-refractivity contribution is 5.99. The number of aryl methyl sites for hydroxylation is 2. The summed E-state index contributed by atoms with van der Waals surface area (Å²) in [5.74, 6) is 1.15. The molecule has 1 fully saturated rings. The van der Waals surface area contributed by atoms with Crippen LogP contribution < -0.4 is 14.9 Å². The third-order valence-electron chi connectivity index (χ3n) is 7.60. The molecule has 1 aromatic heterocycles. The third kappa shape index (κ3) is 5.40. The van der Waals surface area contributed by atoms with Gasteiger partial charge in [0.2, 0.25) is 5.76 Å². The summed E-state index contributed by atoms with van der Waals surface area (Å²) in [6.07, 6.45) is 1.65. The summed E-state index contributed by atoms with van der Waals surface area (Å²) in [6, 6.07) is 8.86. The second-order valence-electron chi connectivity index (χ2n) is 10.3. The first-order valence-electron chi connectivity index (χ1n) is 14.0. The van der Waals surface area contributed by atoms with E-state index in [0.717, 1.165) is 62.4 Å². The van der Waals surface area contributed by atoms with Crippen LogP contribution >= 0.6 is 0 Å². The van der Waals surface area contributed by atoms with Crippen molar-refractivity contribution in [3.05, 3.63) is 68.6 Å². The Morgan fingerprint density at radius 2 is 1.72 bits per heavy atom. The van der Waals surface area contributed by atoms with Crippen LogP contribution in [0.3, 0.4) is 0 Å². The van der Waals surface area contributed by atoms with Crippen molar-refractivity contribution in [2.45, 2.75) is 46.6 Å². The minimum atomic E-state index is -0.570. The molecule has 8 heteroatoms. The lowest BCUT2D eigenvalue weighted by Crippen LogP contribution is -2.38. The van der Waals surface area contributed by atoms with E-state index in [1.165, 1.54) is 0 Å². The summed E-state index contributed by atoms with van der Waals surface area (Å²) >= 11 is 0. The number of hydrogen-bond acceptors (Lipinski definition) is 7. The summed E-state index contributed by atoms with van der Waals surface area (Å²) in [5, 5.41) is 0.498. The Hall–Kier alpha value is -3.36. The van der Waals surface area contributed by atoms with Crippen molar-refractivity contribution in [1.82, 2.24) is 9.80 Å². The number of amides is 1. The summed E-state index contributed by atoms with van der Waals surface area (Å²) in [6.45, 7) is 13.6. The topological polar surface area (TPSA) is 81.5 Å². The van der Waals surface area contributed by atoms with Crippen molar-refractivity contribution >= 4 is 16.9 Å². The number of benzene rings is 2. The van der Waals surface area contributed by atoms with Gasteiger partial charge in [0.1, 0.15) is 5.58 Å². The van der Waals surface area contributed by atoms with E-state index < -0.39 is 6.04 Å². The van der Waals surface area contributed by atoms with Crippen LogP contribution in [0.25, 0.3) is 11.0 Å². The molecule has 8 nitrogen and oxygen atoms in total. The van der Waals surface area contributed by atoms with Gasteiger partial charge in [0, 0.05) is 26.2 Å². The summed E-state index contributed by atoms with van der Waals surface area (Å²) < 4.78 is 23.5. The molecular weight excluding hydrogens is 496 g/mol. The molecule has 2 aliphatic heterocycles. The second kappa shape index (κ2) is 11.8. The normalized spacial score (nSPS) is 17.6. The Bertz CT molecular complexity index is 1410. The molecule has 0 N–H and O–H groups in total. The summed E-state index contributed by atoms with van der Waals surface area (Å²) in [4.78, 5) is 31.9. The second-order valence-corrected chi connectivity index (χ2v) is 10.3. The van der Waals surface area contributed by atoms with E-state index in [0.29, 0.717) is 47.8 Å². The Balaban J connectivity index is 1.57. The van der Waals surface area contributed by atoms with Gasteiger partial charge in [0.05, 0.1) is 43.4 Å². The van der Waals surface area contributed by atoms with Crippen molar-refractivity contribution < 1.29 is 23.4 Å². The van der Waals surface area contributed by atoms with Crippen LogP contribution in [0.4, 0.5) is 0 Å². The zero-order valence-corrected chi connectivity index (χ0v) is 23.4. The number of ether oxygens (including phenoxy) is 3. The minimum absolute atomic E-state index is 0.136. The van der Waals surface area contributed by atoms with Crippen molar-refractivity contribution in [2.75, 3.05) is 52.6 Å². The highest BCUT2D eigenvalue weighted by atomic mass is 16.5. The third-order valence-corrected chi connectivity index (χ3v) is 7.60. The monoisotopic (exact) mass is 534 g/mol. The van der Waals surface area contributed by atoms with E-state index in [9.17, 15) is 9.59 Å². The number of rotatable bonds is 10. The first-order chi connectivity index (χ1) is 18.9. The van der Waals surface area contributed by atoms with Gasteiger partial charge in [-0.2, -0.15) is 0 Å². The van der Waals surface area contributed by atoms with Crippen LogP contribution in [-0.2, 0) is 4.74 Å². The lowest BCUT2D eigenvalue weighted by atomic mass is 9.97. The molecular formula is C31H38N2O6. The highest BCUT2D eigenvalue weighted by Crippen LogP contribution is 2.41. The van der Waals surface area contributed by atoms with Gasteiger partial charge < -0.3 is 23.5 Å². The van der Waals surface area contributed by atoms with Gasteiger partial charge in [-0.25, -0.2) is 0 Å². The Morgan fingerprint density at radius 1 is 0.949 bits per heavy atom. The van der Waals surface area contributed by atoms with E-state index in [1.54, 1.807) is 4.90 Å². The van der Waals surface area contributed by atoms with Gasteiger partial charge in [0.15, 0.2) is 16.9 Å². The van der Waals surface area contributed by atoms with E-state index in [-0.39, 0.29) is 17.1 Å². The Labute approximate surface area is 229 Å². The molecule has 0 radical (unpaired) electrons. The maximum absolute atomic E-state index is 14.0. The van der Waals surface area contributed by atoms with Gasteiger partial charge in [-0.15, -0.1) is 0 Å². The molecule has 3 heterocycles. The molecule has 0 saturated carbocycles. The average Bonchev–Trinajstić information content (AvgIpc) is 3.21. The molecule has 2 aromatic carbocycles. The van der Waals surface area contributed by atoms with E-state index in [2.05, 4.69) is 11.8 Å². The minimum Gasteiger partial charge on any atom is -0.490 e. The number of hydrogen-bond donors (Lipinski definition) is 0. The first-order valence-corrected chi connectivity index (χ1v) is 14.0. The molecule has 208 valence electrons. The predicted molar refractivity (Wildman–Crippen MR) is 150 cm³/mol. The van der Waals surface area contributed by atoms with Crippen LogP contribution in [0.2, 0.25) is 0 Å². The fourth-order valence-corrected chi connectivity index (χ4v) is 5.44. The molecule has 39 heavy (non-hydrogen) atoms. The molecule has 0 bridgehead atoms. The van der Waals surface area contributed by atoms with Gasteiger partial charge >= 0.3 is 0 Å². The van der Waals surface area contributed by atoms with E-state index >= 15 is 0 Å². The number of nitrogens with zero attached hydrogens (tertiary/aromatic N) is 2. The van der Waals surface area contributed by atoms with Gasteiger partial charge in [-0.3, -0.25) is 14.5 Å². The molecule has 3 aromatic rings. The highest BCUT2D eigenvalue weighted by Gasteiger charge is 2.42. The van der Waals surface area contributed by atoms with Crippen LogP contribution in [0.1, 0.15) is 65.5 Å². The first kappa shape index (κ1) is 27.2. The molecule has 1 atom stereocenters. The fraction of sp³-hybridized carbons (Fsp3) is 0.484. The van der Waals surface area contributed by atoms with E-state index in [4.69, 9.17) is 18.6 Å². The molecule has 1 unspecified atom stereocenters. The molecule has 1 amide bonds. The van der Waals surface area contributed by atoms with Crippen molar-refractivity contribution in [3.63, 3.8) is 0 Å². The maximum atomic E-state index is 14.0. The fourth-order valence-electron chi connectivity index (χ4n) is 5.44. The molecule has 2 aliphatic rings. The van der Waals surface area contributed by atoms with Crippen molar-refractivity contribution in [1.29, 1.82) is 0 Å². The average molecular weight is 535 g/mol. The number of morpholine rings is 1. The lowest BCUT2D eigenvalue weighted by Gasteiger charge is -2.29.